The van der Waals surface area contributed by atoms with Crippen molar-refractivity contribution in [2.75, 3.05) is 13.3 Å². The summed E-state index contributed by atoms with van der Waals surface area (Å²) in [5, 5.41) is 8.54. The topological polar surface area (TPSA) is 136 Å². The molecule has 0 aromatic carbocycles. The number of rotatable bonds is 3. The molecule has 0 aromatic rings. The first-order valence-electron chi connectivity index (χ1n) is 11.4. The molecule has 11 heteroatoms. The van der Waals surface area contributed by atoms with Crippen LogP contribution in [0.4, 0.5) is 0 Å². The first-order chi connectivity index (χ1) is 14.6. The summed E-state index contributed by atoms with van der Waals surface area (Å²) in [5.74, 6) is 0.444. The van der Waals surface area contributed by atoms with Crippen LogP contribution in [0.15, 0.2) is 0 Å². The Kier molecular flexibility index (Phi) is 6.37. The highest BCUT2D eigenvalue weighted by Gasteiger charge is 2.68. The van der Waals surface area contributed by atoms with E-state index in [2.05, 4.69) is 42.2 Å². The van der Waals surface area contributed by atoms with Crippen LogP contribution in [0.1, 0.15) is 53.4 Å². The Morgan fingerprint density at radius 3 is 2.84 bits per heavy atom. The minimum Gasteiger partial charge on any atom is -0.403 e. The zero-order valence-electron chi connectivity index (χ0n) is 18.9. The Morgan fingerprint density at radius 2 is 2.10 bits per heavy atom. The Labute approximate surface area is 184 Å². The van der Waals surface area contributed by atoms with E-state index in [1.807, 2.05) is 0 Å². The van der Waals surface area contributed by atoms with E-state index >= 15 is 0 Å². The summed E-state index contributed by atoms with van der Waals surface area (Å²) in [5.41, 5.74) is 8.96. The highest BCUT2D eigenvalue weighted by molar-refractivity contribution is 6.47. The zero-order chi connectivity index (χ0) is 22.4. The Hall–Kier alpha value is -1.24. The molecule has 6 N–H and O–H groups in total. The Morgan fingerprint density at radius 1 is 1.32 bits per heavy atom. The van der Waals surface area contributed by atoms with Gasteiger partial charge in [0.05, 0.1) is 17.7 Å². The van der Waals surface area contributed by atoms with Crippen LogP contribution in [0.25, 0.3) is 0 Å². The summed E-state index contributed by atoms with van der Waals surface area (Å²) in [6.45, 7) is 9.19. The number of hydroxylamine groups is 1. The summed E-state index contributed by atoms with van der Waals surface area (Å²) in [6.07, 6.45) is 3.20. The molecule has 31 heavy (non-hydrogen) atoms. The number of nitrogens with two attached hydrogens (primary N) is 1. The largest absolute Gasteiger partial charge is 0.497 e. The predicted octanol–water partition coefficient (Wildman–Crippen LogP) is -0.610. The highest BCUT2D eigenvalue weighted by atomic mass is 16.7. The van der Waals surface area contributed by atoms with Crippen LogP contribution in [0, 0.1) is 17.3 Å². The third-order valence-electron chi connectivity index (χ3n) is 7.93. The molecule has 5 rings (SSSR count). The van der Waals surface area contributed by atoms with Crippen molar-refractivity contribution in [2.24, 2.45) is 23.0 Å². The smallest absolute Gasteiger partial charge is 0.403 e. The predicted molar refractivity (Wildman–Crippen MR) is 114 cm³/mol. The average molecular weight is 437 g/mol. The average Bonchev–Trinajstić information content (AvgIpc) is 3.07. The van der Waals surface area contributed by atoms with Crippen molar-refractivity contribution in [1.82, 2.24) is 21.4 Å². The second kappa shape index (κ2) is 8.60. The summed E-state index contributed by atoms with van der Waals surface area (Å²) >= 11 is 0. The molecule has 2 heterocycles. The lowest BCUT2D eigenvalue weighted by Gasteiger charge is -2.64. The van der Waals surface area contributed by atoms with E-state index in [1.165, 1.54) is 0 Å². The van der Waals surface area contributed by atoms with Crippen molar-refractivity contribution in [3.8, 4) is 0 Å². The molecule has 0 radical (unpaired) electrons. The quantitative estimate of drug-likeness (QED) is 0.292. The van der Waals surface area contributed by atoms with E-state index < -0.39 is 25.3 Å². The van der Waals surface area contributed by atoms with E-state index in [-0.39, 0.29) is 35.7 Å². The van der Waals surface area contributed by atoms with E-state index in [1.54, 1.807) is 6.92 Å². The van der Waals surface area contributed by atoms with E-state index in [0.29, 0.717) is 31.2 Å². The number of carbonyl (C=O) groups excluding carboxylic acids is 2. The van der Waals surface area contributed by atoms with Gasteiger partial charge in [-0.25, -0.2) is 5.48 Å². The fourth-order valence-electron chi connectivity index (χ4n) is 5.71. The fraction of sp³-hybridized carbons (Fsp3) is 0.900. The maximum absolute atomic E-state index is 12.9. The first-order valence-corrected chi connectivity index (χ1v) is 11.4. The molecule has 0 spiro atoms. The first kappa shape index (κ1) is 22.9. The van der Waals surface area contributed by atoms with E-state index in [0.717, 1.165) is 12.8 Å². The van der Waals surface area contributed by atoms with Crippen LogP contribution in [0.2, 0.25) is 0 Å². The normalized spacial score (nSPS) is 41.3. The lowest BCUT2D eigenvalue weighted by atomic mass is 9.43. The SMILES string of the molecule is C[C@@H]1NCONCCC[C@@H](C(=O)N[C@@H](N)B2O[C@@H]3C[C@@H]4C[C@@H](C4(C)C)[C@]3(C)O2)NC1=O. The number of hydrogen-bond donors (Lipinski definition) is 5. The van der Waals surface area contributed by atoms with Crippen molar-refractivity contribution in [3.05, 3.63) is 0 Å². The summed E-state index contributed by atoms with van der Waals surface area (Å²) in [7, 11) is -0.705. The number of carbonyl (C=O) groups is 2. The molecule has 2 aliphatic heterocycles. The fourth-order valence-corrected chi connectivity index (χ4v) is 5.71. The van der Waals surface area contributed by atoms with Crippen molar-refractivity contribution >= 4 is 18.9 Å². The molecule has 5 fully saturated rings. The van der Waals surface area contributed by atoms with Gasteiger partial charge in [0.1, 0.15) is 18.8 Å². The van der Waals surface area contributed by atoms with Gasteiger partial charge < -0.3 is 25.7 Å². The molecular weight excluding hydrogens is 401 g/mol. The van der Waals surface area contributed by atoms with Crippen LogP contribution in [0.5, 0.6) is 0 Å². The van der Waals surface area contributed by atoms with Crippen LogP contribution < -0.4 is 27.2 Å². The Bertz CT molecular complexity index is 711. The van der Waals surface area contributed by atoms with Gasteiger partial charge in [-0.15, -0.1) is 0 Å². The third-order valence-corrected chi connectivity index (χ3v) is 7.93. The van der Waals surface area contributed by atoms with Gasteiger partial charge in [-0.3, -0.25) is 19.7 Å². The maximum Gasteiger partial charge on any atom is 0.497 e. The van der Waals surface area contributed by atoms with Crippen LogP contribution in [0.3, 0.4) is 0 Å². The second-order valence-corrected chi connectivity index (χ2v) is 10.2. The van der Waals surface area contributed by atoms with Gasteiger partial charge in [0.2, 0.25) is 11.8 Å². The van der Waals surface area contributed by atoms with E-state index in [4.69, 9.17) is 19.9 Å². The molecule has 5 aliphatic rings. The van der Waals surface area contributed by atoms with Gasteiger partial charge in [0.25, 0.3) is 0 Å². The van der Waals surface area contributed by atoms with Crippen LogP contribution in [-0.4, -0.2) is 62.1 Å². The van der Waals surface area contributed by atoms with Crippen molar-refractivity contribution in [3.63, 3.8) is 0 Å². The molecule has 0 aromatic heterocycles. The van der Waals surface area contributed by atoms with Crippen molar-refractivity contribution in [1.29, 1.82) is 0 Å². The maximum atomic E-state index is 12.9. The lowest BCUT2D eigenvalue weighted by molar-refractivity contribution is -0.199. The number of nitrogens with one attached hydrogen (secondary N) is 4. The van der Waals surface area contributed by atoms with Crippen molar-refractivity contribution < 1.29 is 23.7 Å². The van der Waals surface area contributed by atoms with Gasteiger partial charge in [-0.05, 0) is 56.8 Å². The minimum atomic E-state index is -0.817. The number of amides is 2. The Balaban J connectivity index is 1.37. The van der Waals surface area contributed by atoms with Gasteiger partial charge in [0, 0.05) is 6.54 Å². The molecule has 0 unspecified atom stereocenters. The van der Waals surface area contributed by atoms with Crippen LogP contribution >= 0.6 is 0 Å². The van der Waals surface area contributed by atoms with Gasteiger partial charge in [-0.1, -0.05) is 13.8 Å². The standard InChI is InChI=1S/C20H36BN5O5/c1-11-16(27)25-13(6-5-7-24-29-10-23-11)17(28)26-18(22)21-30-15-9-12-8-14(19(12,2)3)20(15,4)31-21/h11-15,18,23-24H,5-10,22H2,1-4H3,(H,25,27)(H,26,28)/t11-,12-,13-,14-,15+,18+,20-/m0/s1. The molecule has 174 valence electrons. The van der Waals surface area contributed by atoms with Crippen LogP contribution in [-0.2, 0) is 23.7 Å². The second-order valence-electron chi connectivity index (χ2n) is 10.2. The minimum absolute atomic E-state index is 0.00710. The molecule has 3 aliphatic carbocycles. The number of hydrogen-bond acceptors (Lipinski definition) is 8. The molecule has 2 saturated heterocycles. The van der Waals surface area contributed by atoms with Gasteiger partial charge in [0.15, 0.2) is 0 Å². The monoisotopic (exact) mass is 437 g/mol. The highest BCUT2D eigenvalue weighted by Crippen LogP contribution is 2.65. The van der Waals surface area contributed by atoms with Gasteiger partial charge in [-0.2, -0.15) is 0 Å². The molecule has 2 bridgehead atoms. The third kappa shape index (κ3) is 4.23. The molecule has 2 amide bonds. The van der Waals surface area contributed by atoms with Gasteiger partial charge >= 0.3 is 7.12 Å². The van der Waals surface area contributed by atoms with Crippen molar-refractivity contribution in [2.45, 2.75) is 83.2 Å². The summed E-state index contributed by atoms with van der Waals surface area (Å²) in [6, 6.07) is -2.01. The molecule has 7 atom stereocenters. The summed E-state index contributed by atoms with van der Waals surface area (Å²) < 4.78 is 12.5. The molecule has 3 saturated carbocycles. The molecule has 10 nitrogen and oxygen atoms in total. The summed E-state index contributed by atoms with van der Waals surface area (Å²) in [4.78, 5) is 30.6. The lowest BCUT2D eigenvalue weighted by Crippen LogP contribution is -2.65. The zero-order valence-corrected chi connectivity index (χ0v) is 18.9. The molecular formula is C20H36BN5O5. The van der Waals surface area contributed by atoms with E-state index in [9.17, 15) is 9.59 Å².